The molecule has 20 heteroatoms. The molecular formula is C62H86O20. The van der Waals surface area contributed by atoms with Gasteiger partial charge in [-0.2, -0.15) is 0 Å². The van der Waals surface area contributed by atoms with E-state index in [2.05, 4.69) is 9.47 Å². The van der Waals surface area contributed by atoms with Gasteiger partial charge >= 0.3 is 29.8 Å². The van der Waals surface area contributed by atoms with Crippen LogP contribution in [-0.4, -0.2) is 121 Å². The number of hydrogen-bond acceptors (Lipinski definition) is 20. The largest absolute Gasteiger partial charge is 0.469 e. The molecule has 8 rings (SSSR count). The van der Waals surface area contributed by atoms with Gasteiger partial charge < -0.3 is 33.3 Å². The zero-order valence-corrected chi connectivity index (χ0v) is 50.0. The van der Waals surface area contributed by atoms with Gasteiger partial charge in [-0.15, -0.1) is 0 Å². The minimum absolute atomic E-state index is 0.0288. The summed E-state index contributed by atoms with van der Waals surface area (Å²) in [7, 11) is 1.38. The molecule has 0 saturated heterocycles. The molecule has 0 radical (unpaired) electrons. The van der Waals surface area contributed by atoms with Crippen molar-refractivity contribution in [1.29, 1.82) is 0 Å². The fourth-order valence-corrected chi connectivity index (χ4v) is 11.6. The number of rotatable bonds is 19. The predicted molar refractivity (Wildman–Crippen MR) is 294 cm³/mol. The van der Waals surface area contributed by atoms with E-state index in [0.717, 1.165) is 57.8 Å². The van der Waals surface area contributed by atoms with Gasteiger partial charge in [-0.05, 0) is 174 Å². The smallest absolute Gasteiger partial charge is 0.330 e. The summed E-state index contributed by atoms with van der Waals surface area (Å²) in [6.45, 7) is 16.7. The molecule has 8 fully saturated rings. The van der Waals surface area contributed by atoms with E-state index in [1.165, 1.54) is 59.3 Å². The van der Waals surface area contributed by atoms with Crippen LogP contribution in [0.4, 0.5) is 0 Å². The van der Waals surface area contributed by atoms with Crippen LogP contribution in [-0.2, 0) is 95.6 Å². The van der Waals surface area contributed by atoms with Crippen LogP contribution in [0.25, 0.3) is 0 Å². The monoisotopic (exact) mass is 1150 g/mol. The molecule has 8 aliphatic carbocycles. The molecule has 0 aliphatic heterocycles. The van der Waals surface area contributed by atoms with Gasteiger partial charge in [0.05, 0.1) is 57.7 Å². The van der Waals surface area contributed by atoms with Gasteiger partial charge in [0.15, 0.2) is 35.0 Å². The Hall–Kier alpha value is -6.47. The Bertz CT molecular complexity index is 2520. The molecule has 0 aromatic rings. The third kappa shape index (κ3) is 20.2. The van der Waals surface area contributed by atoms with Crippen molar-refractivity contribution in [2.75, 3.05) is 33.5 Å². The number of carbonyl (C=O) groups is 15. The maximum atomic E-state index is 12.4. The van der Waals surface area contributed by atoms with E-state index in [-0.39, 0.29) is 95.3 Å². The number of ether oxygens (including phenoxy) is 5. The van der Waals surface area contributed by atoms with Gasteiger partial charge in [-0.25, -0.2) is 9.59 Å². The van der Waals surface area contributed by atoms with Gasteiger partial charge in [0.25, 0.3) is 0 Å². The van der Waals surface area contributed by atoms with Crippen LogP contribution in [0.15, 0.2) is 23.3 Å². The van der Waals surface area contributed by atoms with E-state index in [1.807, 2.05) is 13.8 Å². The Morgan fingerprint density at radius 2 is 0.878 bits per heavy atom. The normalized spacial score (nSPS) is 22.5. The number of hydrogen-bond donors (Lipinski definition) is 0. The maximum absolute atomic E-state index is 12.4. The van der Waals surface area contributed by atoms with Crippen LogP contribution >= 0.6 is 0 Å². The fraction of sp³-hybridized carbons (Fsp3) is 0.694. The van der Waals surface area contributed by atoms with Crippen molar-refractivity contribution in [2.45, 2.75) is 191 Å². The molecular weight excluding hydrogens is 1060 g/mol. The molecule has 0 N–H and O–H groups in total. The van der Waals surface area contributed by atoms with Crippen molar-refractivity contribution in [3.05, 3.63) is 23.3 Å². The zero-order valence-electron chi connectivity index (χ0n) is 50.0. The molecule has 0 aromatic carbocycles. The molecule has 20 nitrogen and oxygen atoms in total. The van der Waals surface area contributed by atoms with Crippen molar-refractivity contribution < 1.29 is 95.6 Å². The molecule has 4 unspecified atom stereocenters. The Morgan fingerprint density at radius 3 is 1.13 bits per heavy atom. The highest BCUT2D eigenvalue weighted by molar-refractivity contribution is 6.25. The molecule has 8 saturated carbocycles. The Labute approximate surface area is 481 Å². The number of allylic oxidation sites excluding steroid dienone is 2. The quantitative estimate of drug-likeness (QED) is 0.0521. The van der Waals surface area contributed by atoms with E-state index < -0.39 is 69.7 Å². The molecule has 0 amide bonds. The van der Waals surface area contributed by atoms with Crippen molar-refractivity contribution in [2.24, 2.45) is 51.2 Å². The molecule has 0 heterocycles. The first-order chi connectivity index (χ1) is 38.5. The summed E-state index contributed by atoms with van der Waals surface area (Å²) < 4.78 is 23.5. The molecule has 4 atom stereocenters. The first-order valence-electron chi connectivity index (χ1n) is 28.7. The third-order valence-electron chi connectivity index (χ3n) is 16.2. The fourth-order valence-electron chi connectivity index (χ4n) is 11.6. The summed E-state index contributed by atoms with van der Waals surface area (Å²) >= 11 is 0. The highest BCUT2D eigenvalue weighted by Gasteiger charge is 2.63. The molecule has 8 aliphatic rings. The van der Waals surface area contributed by atoms with Crippen molar-refractivity contribution >= 4 is 87.7 Å². The molecule has 0 aromatic heterocycles. The van der Waals surface area contributed by atoms with E-state index in [4.69, 9.17) is 14.2 Å². The van der Waals surface area contributed by atoms with Crippen molar-refractivity contribution in [3.8, 4) is 0 Å². The lowest BCUT2D eigenvalue weighted by molar-refractivity contribution is -0.167. The van der Waals surface area contributed by atoms with E-state index >= 15 is 0 Å². The van der Waals surface area contributed by atoms with Crippen molar-refractivity contribution in [1.82, 2.24) is 0 Å². The minimum Gasteiger partial charge on any atom is -0.469 e. The van der Waals surface area contributed by atoms with Gasteiger partial charge in [-0.3, -0.25) is 52.7 Å². The summed E-state index contributed by atoms with van der Waals surface area (Å²) in [6.07, 6.45) is 17.8. The maximum Gasteiger partial charge on any atom is 0.330 e. The second-order valence-corrected chi connectivity index (χ2v) is 23.1. The van der Waals surface area contributed by atoms with Gasteiger partial charge in [0.1, 0.15) is 34.7 Å². The zero-order chi connectivity index (χ0) is 61.9. The number of carbonyl (C=O) groups excluding carboxylic acids is 15. The Kier molecular flexibility index (Phi) is 26.6. The predicted octanol–water partition coefficient (Wildman–Crippen LogP) is 7.55. The first-order valence-corrected chi connectivity index (χ1v) is 28.7. The second-order valence-electron chi connectivity index (χ2n) is 23.1. The summed E-state index contributed by atoms with van der Waals surface area (Å²) in [6, 6.07) is 0. The van der Waals surface area contributed by atoms with Crippen LogP contribution in [0.2, 0.25) is 0 Å². The number of methoxy groups -OCH3 is 1. The van der Waals surface area contributed by atoms with Crippen LogP contribution in [0.5, 0.6) is 0 Å². The number of esters is 5. The molecule has 82 heavy (non-hydrogen) atoms. The average molecular weight is 1150 g/mol. The van der Waals surface area contributed by atoms with E-state index in [9.17, 15) is 71.9 Å². The van der Waals surface area contributed by atoms with Crippen LogP contribution in [0.3, 0.4) is 0 Å². The minimum atomic E-state index is -1.39. The highest BCUT2D eigenvalue weighted by atomic mass is 16.5. The van der Waals surface area contributed by atoms with Gasteiger partial charge in [0.2, 0.25) is 0 Å². The number of ketones is 10. The van der Waals surface area contributed by atoms with Crippen LogP contribution < -0.4 is 0 Å². The summed E-state index contributed by atoms with van der Waals surface area (Å²) in [5.41, 5.74) is 1.11. The van der Waals surface area contributed by atoms with Gasteiger partial charge in [-0.1, -0.05) is 17.6 Å². The summed E-state index contributed by atoms with van der Waals surface area (Å²) in [5.74, 6) is -9.49. The summed E-state index contributed by atoms with van der Waals surface area (Å²) in [5, 5.41) is 0. The lowest BCUT2D eigenvalue weighted by Gasteiger charge is -2.49. The van der Waals surface area contributed by atoms with Crippen LogP contribution in [0, 0.1) is 51.2 Å². The van der Waals surface area contributed by atoms with E-state index in [1.54, 1.807) is 32.9 Å². The number of Topliss-reactive ketones (excluding diaryl/α,β-unsaturated/α-hetero) is 10. The highest BCUT2D eigenvalue weighted by Crippen LogP contribution is 2.59. The molecule has 2 spiro atoms. The standard InChI is InChI=1S/C14H18O5.C13H16O5.C11H16O3.C9H14O3.C8H12O2.C7H10O2/c1-3-19-13(18)10-9(16)7-14(5-4-6-14)11(8(2)15)12(10)17;1-3-18-12(17)9-8(15)6-13(4-5-13)10(7(2)14)11(9)16;1-7(12)6-11(4-5-11)10(8(2)13)9(3)14;1-7(10)5-9(3-4-9)6-8(11)12-2;1-2-10-8(9)6-7-4-3-5-7;1-2-9-7(8)5-6-3-4-6/h10-11H,3-7H2,1-2H3;9-10H,3-6H2,1-2H3;10H,4-6H2,1-3H3;3-6H2,1-2H3;6H,2-5H2,1H3;5H,2-4H2,1H3. The second kappa shape index (κ2) is 31.3. The van der Waals surface area contributed by atoms with Gasteiger partial charge in [0, 0.05) is 37.8 Å². The first kappa shape index (κ1) is 69.8. The lowest BCUT2D eigenvalue weighted by atomic mass is 9.52. The topological polar surface area (TPSA) is 302 Å². The average Bonchev–Trinajstić information content (AvgIpc) is 4.12. The van der Waals surface area contributed by atoms with Crippen LogP contribution in [0.1, 0.15) is 191 Å². The SMILES string of the molecule is CC(=O)CC1(C(C(C)=O)C(C)=O)CC1.CCOC(=O)C1C(=O)CC2(CC2)C(C(C)=O)C1=O.CCOC(=O)C1C(=O)CC2(CCC2)C(C(C)=O)C1=O.CCOC(=O)C=C1CC1.CCOC(=O)C=C1CCC1.COC(=O)CC1(CC(C)=O)CC1. The lowest BCUT2D eigenvalue weighted by Crippen LogP contribution is -2.56. The Morgan fingerprint density at radius 1 is 0.488 bits per heavy atom. The Balaban J connectivity index is 0.000000263. The molecule has 454 valence electrons. The van der Waals surface area contributed by atoms with Crippen molar-refractivity contribution in [3.63, 3.8) is 0 Å². The van der Waals surface area contributed by atoms with E-state index in [0.29, 0.717) is 58.2 Å². The third-order valence-corrected chi connectivity index (χ3v) is 16.2. The molecule has 0 bridgehead atoms. The summed E-state index contributed by atoms with van der Waals surface area (Å²) in [4.78, 5) is 172.